The van der Waals surface area contributed by atoms with Gasteiger partial charge in [-0.15, -0.1) is 0 Å². The lowest BCUT2D eigenvalue weighted by Gasteiger charge is -2.22. The Labute approximate surface area is 119 Å². The van der Waals surface area contributed by atoms with Crippen LogP contribution < -0.4 is 0 Å². The molecule has 1 aliphatic rings. The molecule has 1 aromatic rings. The Balaban J connectivity index is 2.33. The number of aliphatic hydroxyl groups is 1. The zero-order valence-corrected chi connectivity index (χ0v) is 11.9. The van der Waals surface area contributed by atoms with E-state index in [0.29, 0.717) is 10.0 Å². The fourth-order valence-corrected chi connectivity index (χ4v) is 2.65. The maximum atomic E-state index is 12.4. The van der Waals surface area contributed by atoms with Gasteiger partial charge in [-0.05, 0) is 35.0 Å². The number of aryl methyl sites for hydroxylation is 1. The minimum atomic E-state index is -1.09. The third-order valence-corrected chi connectivity index (χ3v) is 3.87. The van der Waals surface area contributed by atoms with Crippen molar-refractivity contribution in [2.45, 2.75) is 25.5 Å². The summed E-state index contributed by atoms with van der Waals surface area (Å²) in [4.78, 5) is 24.7. The molecule has 2 rings (SSSR count). The van der Waals surface area contributed by atoms with Crippen molar-refractivity contribution in [2.24, 2.45) is 0 Å². The van der Waals surface area contributed by atoms with Crippen LogP contribution >= 0.6 is 15.9 Å². The summed E-state index contributed by atoms with van der Waals surface area (Å²) in [7, 11) is 0. The maximum Gasteiger partial charge on any atom is 0.326 e. The number of carboxylic acid groups (broad SMARTS) is 1. The standard InChI is InChI=1S/C13H14BrNO4/c1-7-2-3-10(14)9(4-7)12(17)15-6-8(16)5-11(15)13(18)19/h2-4,8,11,16H,5-6H2,1H3,(H,18,19). The zero-order chi connectivity index (χ0) is 14.2. The van der Waals surface area contributed by atoms with Crippen molar-refractivity contribution >= 4 is 27.8 Å². The molecule has 0 bridgehead atoms. The molecule has 0 aromatic heterocycles. The quantitative estimate of drug-likeness (QED) is 0.861. The lowest BCUT2D eigenvalue weighted by Crippen LogP contribution is -2.40. The molecule has 2 N–H and O–H groups in total. The summed E-state index contributed by atoms with van der Waals surface area (Å²) in [5.74, 6) is -1.46. The number of aliphatic carboxylic acids is 1. The van der Waals surface area contributed by atoms with Gasteiger partial charge in [0, 0.05) is 17.4 Å². The first-order valence-corrected chi connectivity index (χ1v) is 6.67. The van der Waals surface area contributed by atoms with Crippen LogP contribution in [0.15, 0.2) is 22.7 Å². The van der Waals surface area contributed by atoms with Crippen molar-refractivity contribution in [3.8, 4) is 0 Å². The number of amides is 1. The lowest BCUT2D eigenvalue weighted by atomic mass is 10.1. The van der Waals surface area contributed by atoms with Crippen molar-refractivity contribution in [1.29, 1.82) is 0 Å². The summed E-state index contributed by atoms with van der Waals surface area (Å²) in [5.41, 5.74) is 1.33. The van der Waals surface area contributed by atoms with Crippen LogP contribution in [0.5, 0.6) is 0 Å². The molecule has 1 aliphatic heterocycles. The molecular formula is C13H14BrNO4. The number of aliphatic hydroxyl groups excluding tert-OH is 1. The number of rotatable bonds is 2. The van der Waals surface area contributed by atoms with Gasteiger partial charge in [-0.1, -0.05) is 11.6 Å². The van der Waals surface area contributed by atoms with E-state index in [0.717, 1.165) is 5.56 Å². The van der Waals surface area contributed by atoms with Gasteiger partial charge in [0.1, 0.15) is 6.04 Å². The molecule has 2 atom stereocenters. The van der Waals surface area contributed by atoms with Crippen LogP contribution in [0, 0.1) is 6.92 Å². The van der Waals surface area contributed by atoms with E-state index in [1.165, 1.54) is 4.90 Å². The third kappa shape index (κ3) is 2.79. The Morgan fingerprint density at radius 1 is 1.42 bits per heavy atom. The molecule has 1 heterocycles. The summed E-state index contributed by atoms with van der Waals surface area (Å²) in [6.07, 6.45) is -0.710. The van der Waals surface area contributed by atoms with Crippen molar-refractivity contribution in [3.63, 3.8) is 0 Å². The first-order valence-electron chi connectivity index (χ1n) is 5.88. The number of carbonyl (C=O) groups excluding carboxylic acids is 1. The van der Waals surface area contributed by atoms with Gasteiger partial charge in [0.05, 0.1) is 11.7 Å². The Kier molecular flexibility index (Phi) is 3.91. The first kappa shape index (κ1) is 14.0. The van der Waals surface area contributed by atoms with Crippen LogP contribution in [0.4, 0.5) is 0 Å². The van der Waals surface area contributed by atoms with Crippen LogP contribution in [-0.4, -0.2) is 45.7 Å². The van der Waals surface area contributed by atoms with E-state index in [4.69, 9.17) is 5.11 Å². The van der Waals surface area contributed by atoms with Gasteiger partial charge in [-0.2, -0.15) is 0 Å². The summed E-state index contributed by atoms with van der Waals surface area (Å²) in [5, 5.41) is 18.7. The molecule has 0 radical (unpaired) electrons. The van der Waals surface area contributed by atoms with Gasteiger partial charge < -0.3 is 15.1 Å². The number of halogens is 1. The molecule has 1 fully saturated rings. The highest BCUT2D eigenvalue weighted by atomic mass is 79.9. The number of nitrogens with zero attached hydrogens (tertiary/aromatic N) is 1. The van der Waals surface area contributed by atoms with E-state index < -0.39 is 18.1 Å². The van der Waals surface area contributed by atoms with E-state index in [-0.39, 0.29) is 18.9 Å². The van der Waals surface area contributed by atoms with Crippen molar-refractivity contribution < 1.29 is 19.8 Å². The fourth-order valence-electron chi connectivity index (χ4n) is 2.23. The molecule has 5 nitrogen and oxygen atoms in total. The Morgan fingerprint density at radius 2 is 2.11 bits per heavy atom. The van der Waals surface area contributed by atoms with E-state index in [9.17, 15) is 14.7 Å². The highest BCUT2D eigenvalue weighted by Crippen LogP contribution is 2.25. The Morgan fingerprint density at radius 3 is 2.74 bits per heavy atom. The summed E-state index contributed by atoms with van der Waals surface area (Å²) in [6, 6.07) is 4.35. The Hall–Kier alpha value is -1.40. The van der Waals surface area contributed by atoms with Crippen molar-refractivity contribution in [2.75, 3.05) is 6.54 Å². The maximum absolute atomic E-state index is 12.4. The molecule has 102 valence electrons. The summed E-state index contributed by atoms with van der Waals surface area (Å²) in [6.45, 7) is 1.91. The van der Waals surface area contributed by atoms with E-state index >= 15 is 0 Å². The number of β-amino-alcohol motifs (C(OH)–C–C–N with tert-alkyl or cyclic N) is 1. The average molecular weight is 328 g/mol. The number of likely N-dealkylation sites (tertiary alicyclic amines) is 1. The molecular weight excluding hydrogens is 314 g/mol. The molecule has 19 heavy (non-hydrogen) atoms. The molecule has 0 aliphatic carbocycles. The minimum absolute atomic E-state index is 0.0518. The molecule has 2 unspecified atom stereocenters. The normalized spacial score (nSPS) is 22.6. The third-order valence-electron chi connectivity index (χ3n) is 3.18. The van der Waals surface area contributed by atoms with E-state index in [1.807, 2.05) is 13.0 Å². The molecule has 1 saturated heterocycles. The number of carbonyl (C=O) groups is 2. The SMILES string of the molecule is Cc1ccc(Br)c(C(=O)N2CC(O)CC2C(=O)O)c1. The number of carboxylic acids is 1. The van der Waals surface area contributed by atoms with Gasteiger partial charge in [0.25, 0.3) is 5.91 Å². The fraction of sp³-hybridized carbons (Fsp3) is 0.385. The smallest absolute Gasteiger partial charge is 0.326 e. The summed E-state index contributed by atoms with van der Waals surface area (Å²) < 4.78 is 0.619. The largest absolute Gasteiger partial charge is 0.480 e. The molecule has 1 amide bonds. The van der Waals surface area contributed by atoms with E-state index in [2.05, 4.69) is 15.9 Å². The first-order chi connectivity index (χ1) is 8.90. The van der Waals surface area contributed by atoms with Gasteiger partial charge in [0.2, 0.25) is 0 Å². The van der Waals surface area contributed by atoms with Gasteiger partial charge >= 0.3 is 5.97 Å². The highest BCUT2D eigenvalue weighted by Gasteiger charge is 2.39. The lowest BCUT2D eigenvalue weighted by molar-refractivity contribution is -0.141. The second kappa shape index (κ2) is 5.30. The molecule has 1 aromatic carbocycles. The summed E-state index contributed by atoms with van der Waals surface area (Å²) >= 11 is 3.29. The molecule has 6 heteroatoms. The topological polar surface area (TPSA) is 77.8 Å². The second-order valence-corrected chi connectivity index (χ2v) is 5.54. The second-order valence-electron chi connectivity index (χ2n) is 4.68. The van der Waals surface area contributed by atoms with E-state index in [1.54, 1.807) is 12.1 Å². The number of benzene rings is 1. The Bertz CT molecular complexity index is 531. The average Bonchev–Trinajstić information content (AvgIpc) is 2.74. The zero-order valence-electron chi connectivity index (χ0n) is 10.3. The van der Waals surface area contributed by atoms with Crippen LogP contribution in [0.25, 0.3) is 0 Å². The highest BCUT2D eigenvalue weighted by molar-refractivity contribution is 9.10. The predicted molar refractivity (Wildman–Crippen MR) is 72.0 cm³/mol. The minimum Gasteiger partial charge on any atom is -0.480 e. The van der Waals surface area contributed by atoms with Crippen molar-refractivity contribution in [3.05, 3.63) is 33.8 Å². The van der Waals surface area contributed by atoms with Gasteiger partial charge in [-0.3, -0.25) is 4.79 Å². The monoisotopic (exact) mass is 327 g/mol. The molecule has 0 spiro atoms. The number of hydrogen-bond acceptors (Lipinski definition) is 3. The van der Waals surface area contributed by atoms with Gasteiger partial charge in [-0.25, -0.2) is 4.79 Å². The number of hydrogen-bond donors (Lipinski definition) is 2. The van der Waals surface area contributed by atoms with Crippen LogP contribution in [0.1, 0.15) is 22.3 Å². The van der Waals surface area contributed by atoms with Crippen LogP contribution in [0.3, 0.4) is 0 Å². The van der Waals surface area contributed by atoms with Gasteiger partial charge in [0.15, 0.2) is 0 Å². The van der Waals surface area contributed by atoms with Crippen molar-refractivity contribution in [1.82, 2.24) is 4.90 Å². The van der Waals surface area contributed by atoms with Crippen LogP contribution in [-0.2, 0) is 4.79 Å². The molecule has 0 saturated carbocycles. The van der Waals surface area contributed by atoms with Crippen LogP contribution in [0.2, 0.25) is 0 Å². The predicted octanol–water partition coefficient (Wildman–Crippen LogP) is 1.42.